The molecule has 0 aliphatic rings. The van der Waals surface area contributed by atoms with E-state index < -0.39 is 17.7 Å². The number of hydrogen-bond acceptors (Lipinski definition) is 3. The summed E-state index contributed by atoms with van der Waals surface area (Å²) < 4.78 is 31.0. The Labute approximate surface area is 104 Å². The zero-order valence-corrected chi connectivity index (χ0v) is 10.2. The maximum Gasteiger partial charge on any atom is 0.236 e. The SMILES string of the molecule is CC(COc1ccc(F)cc1F)NC(=O)[C@H](C)N. The van der Waals surface area contributed by atoms with Crippen molar-refractivity contribution in [3.63, 3.8) is 0 Å². The molecule has 3 N–H and O–H groups in total. The van der Waals surface area contributed by atoms with Crippen LogP contribution in [0.4, 0.5) is 8.78 Å². The number of hydrogen-bond donors (Lipinski definition) is 2. The Balaban J connectivity index is 2.47. The number of amides is 1. The minimum atomic E-state index is -0.777. The van der Waals surface area contributed by atoms with E-state index in [0.717, 1.165) is 12.1 Å². The van der Waals surface area contributed by atoms with Gasteiger partial charge in [-0.2, -0.15) is 0 Å². The Morgan fingerprint density at radius 2 is 2.11 bits per heavy atom. The molecule has 0 radical (unpaired) electrons. The fourth-order valence-electron chi connectivity index (χ4n) is 1.22. The molecule has 18 heavy (non-hydrogen) atoms. The molecule has 1 aromatic rings. The summed E-state index contributed by atoms with van der Waals surface area (Å²) in [7, 11) is 0. The molecule has 0 aromatic heterocycles. The van der Waals surface area contributed by atoms with E-state index in [4.69, 9.17) is 10.5 Å². The summed E-state index contributed by atoms with van der Waals surface area (Å²) in [6.45, 7) is 3.32. The smallest absolute Gasteiger partial charge is 0.236 e. The van der Waals surface area contributed by atoms with Gasteiger partial charge in [-0.25, -0.2) is 8.78 Å². The highest BCUT2D eigenvalue weighted by Gasteiger charge is 2.12. The van der Waals surface area contributed by atoms with E-state index in [9.17, 15) is 13.6 Å². The summed E-state index contributed by atoms with van der Waals surface area (Å²) in [5, 5.41) is 2.59. The van der Waals surface area contributed by atoms with Gasteiger partial charge in [0.25, 0.3) is 0 Å². The normalized spacial score (nSPS) is 13.8. The van der Waals surface area contributed by atoms with Crippen LogP contribution >= 0.6 is 0 Å². The van der Waals surface area contributed by atoms with E-state index in [-0.39, 0.29) is 24.3 Å². The maximum absolute atomic E-state index is 13.2. The topological polar surface area (TPSA) is 64.3 Å². The molecule has 1 rings (SSSR count). The van der Waals surface area contributed by atoms with Crippen molar-refractivity contribution >= 4 is 5.91 Å². The highest BCUT2D eigenvalue weighted by Crippen LogP contribution is 2.17. The Morgan fingerprint density at radius 1 is 1.44 bits per heavy atom. The van der Waals surface area contributed by atoms with Crippen molar-refractivity contribution in [1.29, 1.82) is 0 Å². The van der Waals surface area contributed by atoms with Crippen molar-refractivity contribution in [2.24, 2.45) is 5.73 Å². The Kier molecular flexibility index (Phi) is 5.03. The van der Waals surface area contributed by atoms with E-state index in [2.05, 4.69) is 5.32 Å². The van der Waals surface area contributed by atoms with Crippen LogP contribution in [-0.2, 0) is 4.79 Å². The molecule has 0 saturated carbocycles. The van der Waals surface area contributed by atoms with Crippen molar-refractivity contribution in [2.75, 3.05) is 6.61 Å². The molecular weight excluding hydrogens is 242 g/mol. The fraction of sp³-hybridized carbons (Fsp3) is 0.417. The quantitative estimate of drug-likeness (QED) is 0.834. The number of carbonyl (C=O) groups excluding carboxylic acids is 1. The number of benzene rings is 1. The molecule has 4 nitrogen and oxygen atoms in total. The number of halogens is 2. The first-order valence-corrected chi connectivity index (χ1v) is 5.54. The van der Waals surface area contributed by atoms with Crippen LogP contribution in [0.2, 0.25) is 0 Å². The third-order valence-corrected chi connectivity index (χ3v) is 2.18. The molecule has 0 aliphatic carbocycles. The average molecular weight is 258 g/mol. The molecule has 0 aliphatic heterocycles. The molecule has 1 unspecified atom stereocenters. The summed E-state index contributed by atoms with van der Waals surface area (Å²) in [4.78, 5) is 11.3. The third kappa shape index (κ3) is 4.29. The summed E-state index contributed by atoms with van der Waals surface area (Å²) in [5.41, 5.74) is 5.38. The van der Waals surface area contributed by atoms with Gasteiger partial charge >= 0.3 is 0 Å². The van der Waals surface area contributed by atoms with E-state index in [1.54, 1.807) is 13.8 Å². The van der Waals surface area contributed by atoms with Crippen molar-refractivity contribution in [2.45, 2.75) is 25.9 Å². The lowest BCUT2D eigenvalue weighted by molar-refractivity contribution is -0.122. The molecule has 0 spiro atoms. The van der Waals surface area contributed by atoms with Crippen LogP contribution in [0.25, 0.3) is 0 Å². The lowest BCUT2D eigenvalue weighted by atomic mass is 10.3. The van der Waals surface area contributed by atoms with Gasteiger partial charge in [0.05, 0.1) is 12.1 Å². The molecule has 1 aromatic carbocycles. The van der Waals surface area contributed by atoms with Crippen LogP contribution < -0.4 is 15.8 Å². The zero-order valence-electron chi connectivity index (χ0n) is 10.2. The minimum Gasteiger partial charge on any atom is -0.488 e. The van der Waals surface area contributed by atoms with E-state index in [1.165, 1.54) is 6.07 Å². The molecule has 0 heterocycles. The van der Waals surface area contributed by atoms with Crippen molar-refractivity contribution in [3.05, 3.63) is 29.8 Å². The molecule has 0 fully saturated rings. The molecule has 2 atom stereocenters. The third-order valence-electron chi connectivity index (χ3n) is 2.18. The highest BCUT2D eigenvalue weighted by molar-refractivity contribution is 5.81. The first-order valence-electron chi connectivity index (χ1n) is 5.54. The van der Waals surface area contributed by atoms with E-state index >= 15 is 0 Å². The summed E-state index contributed by atoms with van der Waals surface area (Å²) >= 11 is 0. The molecule has 100 valence electrons. The Bertz CT molecular complexity index is 425. The second-order valence-corrected chi connectivity index (χ2v) is 4.08. The van der Waals surface area contributed by atoms with Crippen molar-refractivity contribution in [1.82, 2.24) is 5.32 Å². The van der Waals surface area contributed by atoms with Gasteiger partial charge in [0.15, 0.2) is 11.6 Å². The Morgan fingerprint density at radius 3 is 2.67 bits per heavy atom. The van der Waals surface area contributed by atoms with Crippen molar-refractivity contribution < 1.29 is 18.3 Å². The number of nitrogens with one attached hydrogen (secondary N) is 1. The number of carbonyl (C=O) groups is 1. The predicted molar refractivity (Wildman–Crippen MR) is 63.1 cm³/mol. The van der Waals surface area contributed by atoms with Crippen LogP contribution in [0.5, 0.6) is 5.75 Å². The fourth-order valence-corrected chi connectivity index (χ4v) is 1.22. The van der Waals surface area contributed by atoms with Crippen LogP contribution in [0.3, 0.4) is 0 Å². The summed E-state index contributed by atoms with van der Waals surface area (Å²) in [5.74, 6) is -1.82. The van der Waals surface area contributed by atoms with Crippen LogP contribution in [0, 0.1) is 11.6 Å². The van der Waals surface area contributed by atoms with Crippen molar-refractivity contribution in [3.8, 4) is 5.75 Å². The predicted octanol–water partition coefficient (Wildman–Crippen LogP) is 1.20. The second kappa shape index (κ2) is 6.30. The minimum absolute atomic E-state index is 0.0571. The molecule has 0 bridgehead atoms. The van der Waals surface area contributed by atoms with Gasteiger partial charge in [0.1, 0.15) is 12.4 Å². The molecule has 6 heteroatoms. The molecule has 1 amide bonds. The van der Waals surface area contributed by atoms with Gasteiger partial charge in [0.2, 0.25) is 5.91 Å². The zero-order chi connectivity index (χ0) is 13.7. The van der Waals surface area contributed by atoms with Gasteiger partial charge in [-0.1, -0.05) is 0 Å². The molecular formula is C12H16F2N2O2. The summed E-state index contributed by atoms with van der Waals surface area (Å²) in [6, 6.07) is 2.09. The monoisotopic (exact) mass is 258 g/mol. The largest absolute Gasteiger partial charge is 0.488 e. The number of rotatable bonds is 5. The van der Waals surface area contributed by atoms with Gasteiger partial charge < -0.3 is 15.8 Å². The lowest BCUT2D eigenvalue weighted by Gasteiger charge is -2.16. The molecule has 0 saturated heterocycles. The maximum atomic E-state index is 13.2. The second-order valence-electron chi connectivity index (χ2n) is 4.08. The van der Waals surface area contributed by atoms with E-state index in [0.29, 0.717) is 0 Å². The standard InChI is InChI=1S/C12H16F2N2O2/c1-7(16-12(17)8(2)15)6-18-11-4-3-9(13)5-10(11)14/h3-5,7-8H,6,15H2,1-2H3,(H,16,17)/t7?,8-/m0/s1. The van der Waals surface area contributed by atoms with Gasteiger partial charge in [-0.15, -0.1) is 0 Å². The number of nitrogens with two attached hydrogens (primary N) is 1. The van der Waals surface area contributed by atoms with Gasteiger partial charge in [0, 0.05) is 6.07 Å². The number of ether oxygens (including phenoxy) is 1. The van der Waals surface area contributed by atoms with Crippen LogP contribution in [-0.4, -0.2) is 24.6 Å². The van der Waals surface area contributed by atoms with Crippen LogP contribution in [0.15, 0.2) is 18.2 Å². The van der Waals surface area contributed by atoms with E-state index in [1.807, 2.05) is 0 Å². The first-order chi connectivity index (χ1) is 8.40. The first kappa shape index (κ1) is 14.4. The Hall–Kier alpha value is -1.69. The summed E-state index contributed by atoms with van der Waals surface area (Å²) in [6.07, 6.45) is 0. The van der Waals surface area contributed by atoms with Gasteiger partial charge in [-0.05, 0) is 26.0 Å². The average Bonchev–Trinajstić information content (AvgIpc) is 2.27. The van der Waals surface area contributed by atoms with Gasteiger partial charge in [-0.3, -0.25) is 4.79 Å². The lowest BCUT2D eigenvalue weighted by Crippen LogP contribution is -2.44. The highest BCUT2D eigenvalue weighted by atomic mass is 19.1. The van der Waals surface area contributed by atoms with Crippen LogP contribution in [0.1, 0.15) is 13.8 Å².